The summed E-state index contributed by atoms with van der Waals surface area (Å²) in [5.41, 5.74) is 1.30. The third kappa shape index (κ3) is 10.4. The molecule has 0 spiro atoms. The Kier molecular flexibility index (Phi) is 14.2. The molecule has 0 bridgehead atoms. The molecule has 1 amide bonds. The van der Waals surface area contributed by atoms with Crippen molar-refractivity contribution in [2.75, 3.05) is 19.8 Å². The molecule has 2 fully saturated rings. The number of ether oxygens (including phenoxy) is 5. The predicted molar refractivity (Wildman–Crippen MR) is 171 cm³/mol. The highest BCUT2D eigenvalue weighted by molar-refractivity contribution is 5.76. The van der Waals surface area contributed by atoms with Gasteiger partial charge in [0.15, 0.2) is 12.6 Å². The lowest BCUT2D eigenvalue weighted by Gasteiger charge is -2.43. The Balaban J connectivity index is 1.51. The number of esters is 1. The molecule has 0 saturated carbocycles. The number of hydrogen-bond acceptors (Lipinski definition) is 7. The molecule has 2 aliphatic carbocycles. The Hall–Kier alpha value is -1.74. The molecule has 1 N–H and O–H groups in total. The van der Waals surface area contributed by atoms with E-state index >= 15 is 0 Å². The molecule has 2 aliphatic heterocycles. The Morgan fingerprint density at radius 2 is 1.68 bits per heavy atom. The number of rotatable bonds is 15. The first kappa shape index (κ1) is 35.1. The molecule has 2 heterocycles. The largest absolute Gasteiger partial charge is 0.461 e. The van der Waals surface area contributed by atoms with Crippen molar-refractivity contribution in [3.8, 4) is 0 Å². The summed E-state index contributed by atoms with van der Waals surface area (Å²) in [4.78, 5) is 25.7. The van der Waals surface area contributed by atoms with Crippen LogP contribution in [-0.4, -0.2) is 62.5 Å². The summed E-state index contributed by atoms with van der Waals surface area (Å²) < 4.78 is 31.3. The van der Waals surface area contributed by atoms with Gasteiger partial charge in [-0.3, -0.25) is 9.59 Å². The van der Waals surface area contributed by atoms with E-state index in [0.717, 1.165) is 64.2 Å². The van der Waals surface area contributed by atoms with Crippen LogP contribution < -0.4 is 5.32 Å². The second-order valence-electron chi connectivity index (χ2n) is 13.7. The molecule has 4 aliphatic rings. The molecular formula is C36H59NO7. The van der Waals surface area contributed by atoms with Crippen LogP contribution in [0.5, 0.6) is 0 Å². The van der Waals surface area contributed by atoms with Crippen LogP contribution >= 0.6 is 0 Å². The molecule has 0 aromatic carbocycles. The maximum absolute atomic E-state index is 13.0. The topological polar surface area (TPSA) is 92.3 Å². The highest BCUT2D eigenvalue weighted by Gasteiger charge is 2.42. The molecule has 2 saturated heterocycles. The van der Waals surface area contributed by atoms with Crippen LogP contribution in [0.1, 0.15) is 112 Å². The van der Waals surface area contributed by atoms with Gasteiger partial charge in [0, 0.05) is 32.1 Å². The Morgan fingerprint density at radius 3 is 2.30 bits per heavy atom. The smallest absolute Gasteiger partial charge is 0.308 e. The normalized spacial score (nSPS) is 32.6. The van der Waals surface area contributed by atoms with Gasteiger partial charge in [0.25, 0.3) is 0 Å². The minimum atomic E-state index is -0.308. The number of carbonyl (C=O) groups excluding carboxylic acids is 2. The number of hydrogen-bond donors (Lipinski definition) is 1. The van der Waals surface area contributed by atoms with E-state index in [2.05, 4.69) is 37.4 Å². The monoisotopic (exact) mass is 617 g/mol. The van der Waals surface area contributed by atoms with Gasteiger partial charge in [0.1, 0.15) is 6.10 Å². The van der Waals surface area contributed by atoms with E-state index in [4.69, 9.17) is 23.7 Å². The lowest BCUT2D eigenvalue weighted by Crippen LogP contribution is -2.42. The van der Waals surface area contributed by atoms with Crippen molar-refractivity contribution >= 4 is 11.9 Å². The highest BCUT2D eigenvalue weighted by atomic mass is 16.7. The molecule has 0 aromatic rings. The average molecular weight is 618 g/mol. The van der Waals surface area contributed by atoms with Crippen molar-refractivity contribution in [1.29, 1.82) is 0 Å². The molecular weight excluding hydrogens is 558 g/mol. The SMILES string of the molecule is CCNC(=O)C[C@@H](C[C@@H](CC[C@@H]1[C@@H]2C(=C[C@H](C)C[C@@H]2OC(=O)[C@@H](C)CC)C=C[C@@H]1C)OC1CCCCO1)OC1CCCCO1. The Bertz CT molecular complexity index is 954. The van der Waals surface area contributed by atoms with Gasteiger partial charge in [0.2, 0.25) is 5.91 Å². The molecule has 44 heavy (non-hydrogen) atoms. The zero-order valence-corrected chi connectivity index (χ0v) is 28.0. The van der Waals surface area contributed by atoms with Gasteiger partial charge >= 0.3 is 5.97 Å². The first-order valence-corrected chi connectivity index (χ1v) is 17.7. The Morgan fingerprint density at radius 1 is 1.00 bits per heavy atom. The number of amides is 1. The molecule has 0 radical (unpaired) electrons. The minimum Gasteiger partial charge on any atom is -0.461 e. The number of carbonyl (C=O) groups is 2. The summed E-state index contributed by atoms with van der Waals surface area (Å²) >= 11 is 0. The second kappa shape index (κ2) is 17.8. The van der Waals surface area contributed by atoms with Crippen LogP contribution in [0, 0.1) is 29.6 Å². The lowest BCUT2D eigenvalue weighted by molar-refractivity contribution is -0.217. The summed E-state index contributed by atoms with van der Waals surface area (Å²) in [6, 6.07) is 0. The van der Waals surface area contributed by atoms with Crippen LogP contribution in [0.4, 0.5) is 0 Å². The number of nitrogens with one attached hydrogen (secondary N) is 1. The fourth-order valence-electron chi connectivity index (χ4n) is 7.30. The van der Waals surface area contributed by atoms with Gasteiger partial charge in [-0.15, -0.1) is 0 Å². The standard InChI is InChI=1S/C36H59NO7/c1-6-25(4)36(39)44-31-21-24(3)20-27-15-14-26(5)30(35(27)31)17-16-28(42-33-12-8-10-18-40-33)22-29(23-32(38)37-7-2)43-34-13-9-11-19-41-34/h14-15,20,24-26,28-31,33-35H,6-13,16-19,21-23H2,1-5H3,(H,37,38)/t24-,25-,26-,28+,29+,30-,31-,33?,34?,35-/m0/s1. The fourth-order valence-corrected chi connectivity index (χ4v) is 7.30. The van der Waals surface area contributed by atoms with E-state index in [1.165, 1.54) is 5.57 Å². The lowest BCUT2D eigenvalue weighted by atomic mass is 9.65. The van der Waals surface area contributed by atoms with E-state index in [0.29, 0.717) is 43.9 Å². The summed E-state index contributed by atoms with van der Waals surface area (Å²) in [7, 11) is 0. The van der Waals surface area contributed by atoms with Gasteiger partial charge in [-0.2, -0.15) is 0 Å². The molecule has 0 aromatic heterocycles. The van der Waals surface area contributed by atoms with E-state index in [9.17, 15) is 9.59 Å². The van der Waals surface area contributed by atoms with Crippen LogP contribution in [0.2, 0.25) is 0 Å². The van der Waals surface area contributed by atoms with Crippen molar-refractivity contribution in [1.82, 2.24) is 5.32 Å². The quantitative estimate of drug-likeness (QED) is 0.201. The average Bonchev–Trinajstić information content (AvgIpc) is 3.01. The van der Waals surface area contributed by atoms with Crippen LogP contribution in [0.3, 0.4) is 0 Å². The zero-order chi connectivity index (χ0) is 31.5. The van der Waals surface area contributed by atoms with Crippen molar-refractivity contribution in [3.63, 3.8) is 0 Å². The number of allylic oxidation sites excluding steroid dienone is 3. The van der Waals surface area contributed by atoms with Gasteiger partial charge < -0.3 is 29.0 Å². The van der Waals surface area contributed by atoms with E-state index in [-0.39, 0.29) is 61.0 Å². The summed E-state index contributed by atoms with van der Waals surface area (Å²) in [6.45, 7) is 12.4. The molecule has 10 atom stereocenters. The summed E-state index contributed by atoms with van der Waals surface area (Å²) in [5, 5.41) is 2.94. The maximum atomic E-state index is 13.0. The van der Waals surface area contributed by atoms with E-state index in [1.807, 2.05) is 20.8 Å². The molecule has 8 nitrogen and oxygen atoms in total. The van der Waals surface area contributed by atoms with Crippen LogP contribution in [-0.2, 0) is 33.3 Å². The predicted octanol–water partition coefficient (Wildman–Crippen LogP) is 6.87. The third-order valence-electron chi connectivity index (χ3n) is 9.98. The van der Waals surface area contributed by atoms with Crippen LogP contribution in [0.15, 0.2) is 23.8 Å². The zero-order valence-electron chi connectivity index (χ0n) is 28.0. The van der Waals surface area contributed by atoms with E-state index < -0.39 is 0 Å². The molecule has 8 heteroatoms. The summed E-state index contributed by atoms with van der Waals surface area (Å²) in [5.74, 6) is 1.00. The van der Waals surface area contributed by atoms with Crippen molar-refractivity contribution in [2.45, 2.75) is 143 Å². The molecule has 4 rings (SSSR count). The third-order valence-corrected chi connectivity index (χ3v) is 9.98. The minimum absolute atomic E-state index is 0.0101. The number of fused-ring (bicyclic) bond motifs is 1. The molecule has 2 unspecified atom stereocenters. The van der Waals surface area contributed by atoms with Crippen molar-refractivity contribution in [3.05, 3.63) is 23.8 Å². The molecule has 250 valence electrons. The van der Waals surface area contributed by atoms with Crippen LogP contribution in [0.25, 0.3) is 0 Å². The second-order valence-corrected chi connectivity index (χ2v) is 13.7. The fraction of sp³-hybridized carbons (Fsp3) is 0.833. The van der Waals surface area contributed by atoms with Gasteiger partial charge in [0.05, 0.1) is 24.5 Å². The Labute approximate surface area is 266 Å². The first-order valence-electron chi connectivity index (χ1n) is 17.7. The van der Waals surface area contributed by atoms with Crippen molar-refractivity contribution in [2.24, 2.45) is 29.6 Å². The summed E-state index contributed by atoms with van der Waals surface area (Å²) in [6.07, 6.45) is 16.1. The van der Waals surface area contributed by atoms with Gasteiger partial charge in [-0.1, -0.05) is 45.9 Å². The highest BCUT2D eigenvalue weighted by Crippen LogP contribution is 2.45. The maximum Gasteiger partial charge on any atom is 0.308 e. The van der Waals surface area contributed by atoms with Crippen molar-refractivity contribution < 1.29 is 33.3 Å². The first-order chi connectivity index (χ1) is 21.3. The van der Waals surface area contributed by atoms with Gasteiger partial charge in [-0.05, 0) is 94.5 Å². The van der Waals surface area contributed by atoms with E-state index in [1.54, 1.807) is 0 Å². The van der Waals surface area contributed by atoms with Gasteiger partial charge in [-0.25, -0.2) is 0 Å².